The molecule has 4 atom stereocenters. The number of aryl methyl sites for hydroxylation is 1. The van der Waals surface area contributed by atoms with Gasteiger partial charge in [0.1, 0.15) is 5.54 Å². The van der Waals surface area contributed by atoms with E-state index in [2.05, 4.69) is 41.4 Å². The Bertz CT molecular complexity index is 1220. The van der Waals surface area contributed by atoms with Crippen molar-refractivity contribution in [2.45, 2.75) is 43.7 Å². The number of anilines is 1. The minimum Gasteiger partial charge on any atom is -0.324 e. The molecule has 3 aliphatic rings. The Labute approximate surface area is 194 Å². The van der Waals surface area contributed by atoms with E-state index < -0.39 is 11.5 Å². The third kappa shape index (κ3) is 2.80. The monoisotopic (exact) mass is 436 g/mol. The number of hydrogen-bond donors (Lipinski definition) is 1. The fraction of sp³-hybridized carbons (Fsp3) is 0.310. The molecular weight excluding hydrogens is 408 g/mol. The molecule has 0 bridgehead atoms. The van der Waals surface area contributed by atoms with E-state index in [-0.39, 0.29) is 23.7 Å². The quantitative estimate of drug-likeness (QED) is 0.575. The SMILES string of the molecule is CCc1ccc2c(c1)[C@]1(C(=O)N2)C(C(=O)c2ccccc2)C(c2ccccc2)C2CCCN21. The number of benzene rings is 3. The van der Waals surface area contributed by atoms with Crippen LogP contribution in [0.2, 0.25) is 0 Å². The minimum atomic E-state index is -0.977. The van der Waals surface area contributed by atoms with Gasteiger partial charge in [-0.25, -0.2) is 0 Å². The summed E-state index contributed by atoms with van der Waals surface area (Å²) >= 11 is 0. The molecule has 4 heteroatoms. The second-order valence-corrected chi connectivity index (χ2v) is 9.50. The number of fused-ring (bicyclic) bond motifs is 4. The zero-order valence-corrected chi connectivity index (χ0v) is 18.8. The normalized spacial score (nSPS) is 28.0. The Morgan fingerprint density at radius 3 is 2.48 bits per heavy atom. The smallest absolute Gasteiger partial charge is 0.250 e. The molecule has 0 aromatic heterocycles. The topological polar surface area (TPSA) is 49.4 Å². The predicted octanol–water partition coefficient (Wildman–Crippen LogP) is 5.16. The lowest BCUT2D eigenvalue weighted by Crippen LogP contribution is -2.52. The van der Waals surface area contributed by atoms with Crippen LogP contribution < -0.4 is 5.32 Å². The lowest BCUT2D eigenvalue weighted by Gasteiger charge is -2.37. The van der Waals surface area contributed by atoms with Crippen LogP contribution in [0.25, 0.3) is 0 Å². The van der Waals surface area contributed by atoms with E-state index in [1.54, 1.807) is 0 Å². The van der Waals surface area contributed by atoms with Gasteiger partial charge < -0.3 is 5.32 Å². The van der Waals surface area contributed by atoms with Crippen molar-refractivity contribution in [3.05, 3.63) is 101 Å². The van der Waals surface area contributed by atoms with Gasteiger partial charge in [0.15, 0.2) is 5.78 Å². The van der Waals surface area contributed by atoms with E-state index in [0.717, 1.165) is 42.6 Å². The molecule has 4 nitrogen and oxygen atoms in total. The Kier molecular flexibility index (Phi) is 4.73. The fourth-order valence-corrected chi connectivity index (χ4v) is 6.66. The lowest BCUT2D eigenvalue weighted by molar-refractivity contribution is -0.127. The number of carbonyl (C=O) groups is 2. The molecule has 3 unspecified atom stereocenters. The van der Waals surface area contributed by atoms with Crippen molar-refractivity contribution < 1.29 is 9.59 Å². The number of hydrogen-bond acceptors (Lipinski definition) is 3. The first kappa shape index (κ1) is 20.4. The summed E-state index contributed by atoms with van der Waals surface area (Å²) in [5.74, 6) is -0.515. The Hall–Kier alpha value is -3.24. The van der Waals surface area contributed by atoms with Gasteiger partial charge in [0.2, 0.25) is 5.91 Å². The molecule has 2 fully saturated rings. The molecule has 3 aromatic rings. The Morgan fingerprint density at radius 2 is 1.76 bits per heavy atom. The fourth-order valence-electron chi connectivity index (χ4n) is 6.66. The standard InChI is InChI=1S/C29H28N2O2/c1-2-19-15-16-23-22(18-19)29(28(33)30-23)26(27(32)21-12-7-4-8-13-21)25(20-10-5-3-6-11-20)24-14-9-17-31(24)29/h3-8,10-13,15-16,18,24-26H,2,9,14,17H2,1H3,(H,30,33)/t24?,25?,26?,29-/m1/s1. The molecule has 2 saturated heterocycles. The zero-order valence-electron chi connectivity index (χ0n) is 18.8. The van der Waals surface area contributed by atoms with Gasteiger partial charge in [-0.1, -0.05) is 79.7 Å². The molecule has 3 aliphatic heterocycles. The molecule has 166 valence electrons. The molecule has 0 radical (unpaired) electrons. The second-order valence-electron chi connectivity index (χ2n) is 9.50. The zero-order chi connectivity index (χ0) is 22.6. The second kappa shape index (κ2) is 7.67. The number of Topliss-reactive ketones (excluding diaryl/α,β-unsaturated/α-hetero) is 1. The molecule has 0 aliphatic carbocycles. The molecule has 0 saturated carbocycles. The minimum absolute atomic E-state index is 0.0385. The van der Waals surface area contributed by atoms with Crippen molar-refractivity contribution >= 4 is 17.4 Å². The highest BCUT2D eigenvalue weighted by Gasteiger charge is 2.69. The third-order valence-electron chi connectivity index (χ3n) is 8.00. The summed E-state index contributed by atoms with van der Waals surface area (Å²) in [6.07, 6.45) is 2.93. The number of amides is 1. The molecule has 33 heavy (non-hydrogen) atoms. The highest BCUT2D eigenvalue weighted by molar-refractivity contribution is 6.12. The summed E-state index contributed by atoms with van der Waals surface area (Å²) in [6.45, 7) is 2.96. The van der Waals surface area contributed by atoms with Crippen LogP contribution in [-0.4, -0.2) is 29.2 Å². The Morgan fingerprint density at radius 1 is 1.03 bits per heavy atom. The van der Waals surface area contributed by atoms with Crippen molar-refractivity contribution in [2.75, 3.05) is 11.9 Å². The van der Waals surface area contributed by atoms with Crippen molar-refractivity contribution in [1.82, 2.24) is 4.90 Å². The van der Waals surface area contributed by atoms with Crippen LogP contribution in [0.15, 0.2) is 78.9 Å². The van der Waals surface area contributed by atoms with E-state index in [4.69, 9.17) is 0 Å². The van der Waals surface area contributed by atoms with Gasteiger partial charge in [0, 0.05) is 28.8 Å². The number of nitrogens with zero attached hydrogens (tertiary/aromatic N) is 1. The van der Waals surface area contributed by atoms with Crippen LogP contribution in [0.1, 0.15) is 52.7 Å². The maximum atomic E-state index is 14.3. The van der Waals surface area contributed by atoms with E-state index in [1.165, 1.54) is 5.56 Å². The van der Waals surface area contributed by atoms with Crippen LogP contribution in [0.4, 0.5) is 5.69 Å². The van der Waals surface area contributed by atoms with Gasteiger partial charge in [-0.3, -0.25) is 14.5 Å². The molecular formula is C29H28N2O2. The first-order valence-corrected chi connectivity index (χ1v) is 12.0. The summed E-state index contributed by atoms with van der Waals surface area (Å²) in [5, 5.41) is 3.17. The molecule has 3 aromatic carbocycles. The molecule has 1 N–H and O–H groups in total. The van der Waals surface area contributed by atoms with E-state index in [9.17, 15) is 9.59 Å². The lowest BCUT2D eigenvalue weighted by atomic mass is 9.68. The predicted molar refractivity (Wildman–Crippen MR) is 129 cm³/mol. The summed E-state index contributed by atoms with van der Waals surface area (Å²) in [6, 6.07) is 26.3. The van der Waals surface area contributed by atoms with Gasteiger partial charge in [-0.2, -0.15) is 0 Å². The van der Waals surface area contributed by atoms with Gasteiger partial charge in [0.05, 0.1) is 5.92 Å². The van der Waals surface area contributed by atoms with Gasteiger partial charge >= 0.3 is 0 Å². The number of ketones is 1. The van der Waals surface area contributed by atoms with Gasteiger partial charge in [0.25, 0.3) is 0 Å². The van der Waals surface area contributed by atoms with Crippen molar-refractivity contribution in [2.24, 2.45) is 5.92 Å². The summed E-state index contributed by atoms with van der Waals surface area (Å²) in [5.41, 5.74) is 3.86. The van der Waals surface area contributed by atoms with Crippen molar-refractivity contribution in [3.63, 3.8) is 0 Å². The first-order chi connectivity index (χ1) is 16.2. The average molecular weight is 437 g/mol. The van der Waals surface area contributed by atoms with Crippen LogP contribution in [0.3, 0.4) is 0 Å². The maximum Gasteiger partial charge on any atom is 0.250 e. The molecule has 6 rings (SSSR count). The van der Waals surface area contributed by atoms with E-state index in [0.29, 0.717) is 5.56 Å². The number of carbonyl (C=O) groups excluding carboxylic acids is 2. The van der Waals surface area contributed by atoms with Crippen LogP contribution in [0.5, 0.6) is 0 Å². The number of rotatable bonds is 4. The third-order valence-corrected chi connectivity index (χ3v) is 8.00. The van der Waals surface area contributed by atoms with Crippen LogP contribution in [-0.2, 0) is 16.8 Å². The summed E-state index contributed by atoms with van der Waals surface area (Å²) < 4.78 is 0. The number of nitrogens with one attached hydrogen (secondary N) is 1. The van der Waals surface area contributed by atoms with Crippen LogP contribution in [0, 0.1) is 5.92 Å². The van der Waals surface area contributed by atoms with E-state index in [1.807, 2.05) is 54.6 Å². The maximum absolute atomic E-state index is 14.3. The molecule has 1 spiro atoms. The molecule has 3 heterocycles. The highest BCUT2D eigenvalue weighted by atomic mass is 16.2. The highest BCUT2D eigenvalue weighted by Crippen LogP contribution is 2.61. The average Bonchev–Trinajstić information content (AvgIpc) is 3.52. The van der Waals surface area contributed by atoms with Crippen LogP contribution >= 0.6 is 0 Å². The van der Waals surface area contributed by atoms with Gasteiger partial charge in [-0.05, 0) is 43.0 Å². The molecule has 1 amide bonds. The van der Waals surface area contributed by atoms with Crippen molar-refractivity contribution in [3.8, 4) is 0 Å². The summed E-state index contributed by atoms with van der Waals surface area (Å²) in [7, 11) is 0. The first-order valence-electron chi connectivity index (χ1n) is 12.0. The van der Waals surface area contributed by atoms with Gasteiger partial charge in [-0.15, -0.1) is 0 Å². The summed E-state index contributed by atoms with van der Waals surface area (Å²) in [4.78, 5) is 30.7. The van der Waals surface area contributed by atoms with E-state index >= 15 is 0 Å². The Balaban J connectivity index is 1.63. The largest absolute Gasteiger partial charge is 0.324 e. The van der Waals surface area contributed by atoms with Crippen molar-refractivity contribution in [1.29, 1.82) is 0 Å².